The average Bonchev–Trinajstić information content (AvgIpc) is 3.50. The van der Waals surface area contributed by atoms with Gasteiger partial charge in [-0.15, -0.1) is 9.20 Å². The molecule has 0 radical (unpaired) electrons. The second kappa shape index (κ2) is 13.8. The van der Waals surface area contributed by atoms with E-state index in [4.69, 9.17) is 36.0 Å². The summed E-state index contributed by atoms with van der Waals surface area (Å²) in [5, 5.41) is 27.8. The zero-order valence-corrected chi connectivity index (χ0v) is 24.7. The SMILES string of the molecule is Nc1ncnc2c1nc(C#Cc1ccc(C[C@H](N)C(=O)O)cc1)n2[C@@H]1C[C@H](O)[C@@H](CO[P+](=O)OP(=O)(O)OP(=O)(O)OO)O1. The fourth-order valence-electron chi connectivity index (χ4n) is 3.91. The Labute approximate surface area is 247 Å². The highest BCUT2D eigenvalue weighted by molar-refractivity contribution is 7.64. The number of aliphatic carboxylic acids is 1. The summed E-state index contributed by atoms with van der Waals surface area (Å²) in [6.45, 7) is -0.650. The van der Waals surface area contributed by atoms with Crippen LogP contribution in [-0.4, -0.2) is 75.6 Å². The predicted molar refractivity (Wildman–Crippen MR) is 145 cm³/mol. The fraction of sp³-hybridized carbons (Fsp3) is 0.333. The van der Waals surface area contributed by atoms with Gasteiger partial charge in [-0.1, -0.05) is 18.1 Å². The van der Waals surface area contributed by atoms with Crippen LogP contribution >= 0.6 is 23.9 Å². The van der Waals surface area contributed by atoms with Gasteiger partial charge in [0, 0.05) is 16.5 Å². The number of phosphoric acid groups is 2. The standard InChI is InChI=1S/C21H23N6O14P3/c22-13(21(29)30)7-12-3-1-11(2-4-12)5-6-16-26-18-19(23)24-10-25-20(18)27(16)17-8-14(28)15(38-17)9-37-42(32)40-44(35,36)41-43(33,34)39-31/h1-4,10,13-15,17,28H,7-9,22H2,(H5-,23,24,25,29,30,31,33,34,35,36)/p+1/t13-,14-,15+,17-/m0/s1. The first-order valence-corrected chi connectivity index (χ1v) is 16.2. The number of rotatable bonds is 12. The summed E-state index contributed by atoms with van der Waals surface area (Å²) >= 11 is 0. The number of hydrogen-bond donors (Lipinski definition) is 7. The first kappa shape index (κ1) is 33.6. The number of nitrogens with zero attached hydrogens (tertiary/aromatic N) is 4. The van der Waals surface area contributed by atoms with E-state index in [9.17, 15) is 28.5 Å². The van der Waals surface area contributed by atoms with Gasteiger partial charge in [0.1, 0.15) is 31.3 Å². The number of imidazole rings is 1. The minimum atomic E-state index is -5.49. The van der Waals surface area contributed by atoms with Crippen molar-refractivity contribution in [1.82, 2.24) is 19.5 Å². The second-order valence-electron chi connectivity index (χ2n) is 8.97. The van der Waals surface area contributed by atoms with Gasteiger partial charge in [0.25, 0.3) is 0 Å². The number of benzene rings is 1. The molecule has 3 aromatic rings. The van der Waals surface area contributed by atoms with Gasteiger partial charge in [0.2, 0.25) is 0 Å². The van der Waals surface area contributed by atoms with Gasteiger partial charge in [-0.05, 0) is 34.3 Å². The first-order chi connectivity index (χ1) is 20.7. The molecule has 1 fully saturated rings. The Kier molecular flexibility index (Phi) is 10.6. The molecule has 1 aliphatic rings. The summed E-state index contributed by atoms with van der Waals surface area (Å²) in [5.74, 6) is 4.84. The van der Waals surface area contributed by atoms with Crippen molar-refractivity contribution in [2.24, 2.45) is 5.73 Å². The van der Waals surface area contributed by atoms with Crippen LogP contribution in [0, 0.1) is 11.8 Å². The summed E-state index contributed by atoms with van der Waals surface area (Å²) in [7, 11) is -14.4. The zero-order valence-electron chi connectivity index (χ0n) is 22.0. The molecule has 1 saturated heterocycles. The molecule has 0 spiro atoms. The van der Waals surface area contributed by atoms with Crippen LogP contribution in [0.15, 0.2) is 30.6 Å². The van der Waals surface area contributed by atoms with Gasteiger partial charge in [0.05, 0.1) is 6.10 Å². The van der Waals surface area contributed by atoms with Crippen molar-refractivity contribution in [1.29, 1.82) is 0 Å². The summed E-state index contributed by atoms with van der Waals surface area (Å²) in [5.41, 5.74) is 13.2. The third-order valence-electron chi connectivity index (χ3n) is 5.87. The number of aliphatic hydroxyl groups excluding tert-OH is 1. The summed E-state index contributed by atoms with van der Waals surface area (Å²) in [4.78, 5) is 41.8. The van der Waals surface area contributed by atoms with Crippen molar-refractivity contribution in [3.63, 3.8) is 0 Å². The van der Waals surface area contributed by atoms with E-state index in [0.29, 0.717) is 11.1 Å². The maximum absolute atomic E-state index is 12.0. The number of fused-ring (bicyclic) bond motifs is 1. The van der Waals surface area contributed by atoms with Gasteiger partial charge in [-0.3, -0.25) is 14.3 Å². The van der Waals surface area contributed by atoms with Gasteiger partial charge < -0.3 is 31.3 Å². The molecular formula is C21H24N6O14P3+. The maximum Gasteiger partial charge on any atom is 0.708 e. The van der Waals surface area contributed by atoms with E-state index in [1.807, 2.05) is 0 Å². The Morgan fingerprint density at radius 2 is 1.91 bits per heavy atom. The van der Waals surface area contributed by atoms with Gasteiger partial charge >= 0.3 is 29.9 Å². The molecule has 20 nitrogen and oxygen atoms in total. The maximum atomic E-state index is 12.0. The minimum absolute atomic E-state index is 0.0400. The van der Waals surface area contributed by atoms with E-state index >= 15 is 0 Å². The third-order valence-corrected chi connectivity index (χ3v) is 9.44. The topological polar surface area (TPSA) is 311 Å². The van der Waals surface area contributed by atoms with E-state index in [1.54, 1.807) is 24.3 Å². The summed E-state index contributed by atoms with van der Waals surface area (Å²) in [6.07, 6.45) is -2.13. The molecule has 9 N–H and O–H groups in total. The van der Waals surface area contributed by atoms with Crippen LogP contribution in [0.2, 0.25) is 0 Å². The quantitative estimate of drug-likeness (QED) is 0.0603. The van der Waals surface area contributed by atoms with Crippen LogP contribution in [0.5, 0.6) is 0 Å². The molecule has 2 aromatic heterocycles. The first-order valence-electron chi connectivity index (χ1n) is 12.1. The Balaban J connectivity index is 1.50. The van der Waals surface area contributed by atoms with Gasteiger partial charge in [-0.25, -0.2) is 29.3 Å². The molecule has 7 atom stereocenters. The molecule has 3 unspecified atom stereocenters. The molecule has 44 heavy (non-hydrogen) atoms. The number of carboxylic acids is 1. The molecule has 1 aromatic carbocycles. The van der Waals surface area contributed by atoms with Gasteiger partial charge in [0.15, 0.2) is 22.8 Å². The van der Waals surface area contributed by atoms with Crippen LogP contribution in [0.25, 0.3) is 11.2 Å². The smallest absolute Gasteiger partial charge is 0.480 e. The van der Waals surface area contributed by atoms with Crippen LogP contribution in [0.3, 0.4) is 0 Å². The molecule has 3 heterocycles. The highest BCUT2D eigenvalue weighted by Crippen LogP contribution is 2.63. The largest absolute Gasteiger partial charge is 0.708 e. The van der Waals surface area contributed by atoms with Crippen LogP contribution in [0.1, 0.15) is 29.6 Å². The van der Waals surface area contributed by atoms with Crippen LogP contribution in [-0.2, 0) is 47.5 Å². The highest BCUT2D eigenvalue weighted by Gasteiger charge is 2.46. The number of anilines is 1. The van der Waals surface area contributed by atoms with Crippen molar-refractivity contribution in [3.05, 3.63) is 47.5 Å². The van der Waals surface area contributed by atoms with E-state index in [0.717, 1.165) is 0 Å². The lowest BCUT2D eigenvalue weighted by Crippen LogP contribution is -2.32. The van der Waals surface area contributed by atoms with Crippen molar-refractivity contribution in [3.8, 4) is 11.8 Å². The van der Waals surface area contributed by atoms with Crippen molar-refractivity contribution < 1.29 is 66.3 Å². The molecule has 4 rings (SSSR count). The highest BCUT2D eigenvalue weighted by atomic mass is 31.3. The molecule has 23 heteroatoms. The number of carboxylic acid groups (broad SMARTS) is 1. The van der Waals surface area contributed by atoms with Crippen molar-refractivity contribution >= 4 is 46.9 Å². The molecular weight excluding hydrogens is 653 g/mol. The normalized spacial score (nSPS) is 22.0. The summed E-state index contributed by atoms with van der Waals surface area (Å²) in [6, 6.07) is 5.63. The molecule has 0 saturated carbocycles. The Hall–Kier alpha value is -3.24. The molecule has 1 aliphatic heterocycles. The number of aliphatic hydroxyl groups is 1. The Bertz CT molecular complexity index is 1710. The Morgan fingerprint density at radius 1 is 1.20 bits per heavy atom. The summed E-state index contributed by atoms with van der Waals surface area (Å²) < 4.78 is 57.6. The number of carbonyl (C=O) groups is 1. The van der Waals surface area contributed by atoms with Crippen LogP contribution < -0.4 is 11.5 Å². The zero-order chi connectivity index (χ0) is 32.2. The molecule has 0 aliphatic carbocycles. The van der Waals surface area contributed by atoms with E-state index < -0.39 is 61.0 Å². The monoisotopic (exact) mass is 677 g/mol. The molecule has 0 bridgehead atoms. The van der Waals surface area contributed by atoms with E-state index in [2.05, 4.69) is 40.1 Å². The molecule has 0 amide bonds. The lowest BCUT2D eigenvalue weighted by Gasteiger charge is -2.15. The minimum Gasteiger partial charge on any atom is -0.480 e. The van der Waals surface area contributed by atoms with Crippen molar-refractivity contribution in [2.75, 3.05) is 12.3 Å². The van der Waals surface area contributed by atoms with Crippen LogP contribution in [0.4, 0.5) is 5.82 Å². The predicted octanol–water partition coefficient (Wildman–Crippen LogP) is 0.809. The lowest BCUT2D eigenvalue weighted by atomic mass is 10.0. The van der Waals surface area contributed by atoms with Crippen molar-refractivity contribution in [2.45, 2.75) is 37.3 Å². The average molecular weight is 677 g/mol. The Morgan fingerprint density at radius 3 is 2.57 bits per heavy atom. The lowest BCUT2D eigenvalue weighted by molar-refractivity contribution is -0.157. The van der Waals surface area contributed by atoms with E-state index in [-0.39, 0.29) is 35.6 Å². The fourth-order valence-corrected chi connectivity index (χ4v) is 6.59. The number of hydrogen-bond acceptors (Lipinski definition) is 16. The second-order valence-corrected chi connectivity index (χ2v) is 13.0. The third kappa shape index (κ3) is 8.47. The van der Waals surface area contributed by atoms with E-state index in [1.165, 1.54) is 10.9 Å². The number of aromatic nitrogens is 4. The molecule has 236 valence electrons. The van der Waals surface area contributed by atoms with Gasteiger partial charge in [-0.2, -0.15) is 4.31 Å². The number of nitrogen functional groups attached to an aromatic ring is 1. The number of nitrogens with two attached hydrogens (primary N) is 2. The number of ether oxygens (including phenoxy) is 1.